The number of pyridine rings is 1. The van der Waals surface area contributed by atoms with Crippen LogP contribution in [0.15, 0.2) is 96.2 Å². The fraction of sp³-hybridized carbons (Fsp3) is 0.200. The maximum absolute atomic E-state index is 13.1. The zero-order chi connectivity index (χ0) is 28.1. The zero-order valence-electron chi connectivity index (χ0n) is 21.5. The molecule has 5 rings (SSSR count). The van der Waals surface area contributed by atoms with E-state index in [1.807, 2.05) is 29.0 Å². The summed E-state index contributed by atoms with van der Waals surface area (Å²) in [6, 6.07) is 20.4. The van der Waals surface area contributed by atoms with E-state index in [1.165, 1.54) is 24.3 Å². The number of ether oxygens (including phenoxy) is 1. The maximum Gasteiger partial charge on any atom is 0.265 e. The molecule has 0 saturated carbocycles. The largest absolute Gasteiger partial charge is 0.489 e. The Labute approximate surface area is 231 Å². The van der Waals surface area contributed by atoms with E-state index in [2.05, 4.69) is 10.3 Å². The van der Waals surface area contributed by atoms with Crippen molar-refractivity contribution in [2.24, 2.45) is 0 Å². The number of aliphatic hydroxyl groups excluding tert-OH is 1. The molecular formula is C30H28FN3O5S. The third-order valence-corrected chi connectivity index (χ3v) is 8.05. The van der Waals surface area contributed by atoms with Crippen LogP contribution >= 0.6 is 0 Å². The first-order chi connectivity index (χ1) is 19.3. The van der Waals surface area contributed by atoms with Gasteiger partial charge in [0.2, 0.25) is 0 Å². The van der Waals surface area contributed by atoms with Crippen LogP contribution in [0, 0.1) is 5.82 Å². The van der Waals surface area contributed by atoms with Crippen molar-refractivity contribution >= 4 is 15.9 Å². The molecule has 1 aliphatic heterocycles. The normalized spacial score (nSPS) is 15.5. The number of nitrogens with one attached hydrogen (secondary N) is 2. The molecule has 0 fully saturated rings. The lowest BCUT2D eigenvalue weighted by Gasteiger charge is -2.27. The van der Waals surface area contributed by atoms with Crippen molar-refractivity contribution in [1.29, 1.82) is 0 Å². The molecule has 8 nitrogen and oxygen atoms in total. The second-order valence-corrected chi connectivity index (χ2v) is 11.2. The SMILES string of the molecule is O=C(NS(=O)(=O)c1ccc(-c2ccc3c(c2)CCC(CNCC(O)c2cccnc2)O3)cc1)c1ccc(F)cc1. The minimum absolute atomic E-state index is 0.0194. The summed E-state index contributed by atoms with van der Waals surface area (Å²) in [5.74, 6) is -0.553. The van der Waals surface area contributed by atoms with Crippen LogP contribution in [0.2, 0.25) is 0 Å². The summed E-state index contributed by atoms with van der Waals surface area (Å²) in [7, 11) is -4.10. The molecule has 206 valence electrons. The van der Waals surface area contributed by atoms with Gasteiger partial charge in [-0.05, 0) is 84.1 Å². The van der Waals surface area contributed by atoms with Gasteiger partial charge < -0.3 is 15.2 Å². The van der Waals surface area contributed by atoms with Crippen LogP contribution in [-0.2, 0) is 16.4 Å². The van der Waals surface area contributed by atoms with Crippen LogP contribution in [0.3, 0.4) is 0 Å². The van der Waals surface area contributed by atoms with Crippen molar-refractivity contribution in [2.45, 2.75) is 29.9 Å². The van der Waals surface area contributed by atoms with Crippen LogP contribution in [0.25, 0.3) is 11.1 Å². The third kappa shape index (κ3) is 6.53. The monoisotopic (exact) mass is 561 g/mol. The van der Waals surface area contributed by atoms with Gasteiger partial charge in [0.1, 0.15) is 17.7 Å². The van der Waals surface area contributed by atoms with Gasteiger partial charge in [0, 0.05) is 36.6 Å². The van der Waals surface area contributed by atoms with Gasteiger partial charge in [0.15, 0.2) is 0 Å². The molecule has 1 aromatic heterocycles. The lowest BCUT2D eigenvalue weighted by molar-refractivity contribution is 0.0981. The van der Waals surface area contributed by atoms with Gasteiger partial charge in [-0.1, -0.05) is 24.3 Å². The van der Waals surface area contributed by atoms with Crippen LogP contribution in [0.1, 0.15) is 34.0 Å². The standard InChI is InChI=1S/C30H28FN3O5S/c31-25-9-3-21(4-10-25)30(36)34-40(37,38)27-12-6-20(7-13-27)22-8-14-29-23(16-22)5-11-26(39-29)18-33-19-28(35)24-2-1-15-32-17-24/h1-4,6-10,12-17,26,28,33,35H,5,11,18-19H2,(H,34,36). The van der Waals surface area contributed by atoms with E-state index in [1.54, 1.807) is 30.6 Å². The highest BCUT2D eigenvalue weighted by atomic mass is 32.2. The molecule has 0 saturated heterocycles. The summed E-state index contributed by atoms with van der Waals surface area (Å²) in [5, 5.41) is 13.6. The quantitative estimate of drug-likeness (QED) is 0.283. The fourth-order valence-electron chi connectivity index (χ4n) is 4.51. The average molecular weight is 562 g/mol. The number of carbonyl (C=O) groups excluding carboxylic acids is 1. The number of nitrogens with zero attached hydrogens (tertiary/aromatic N) is 1. The summed E-state index contributed by atoms with van der Waals surface area (Å²) >= 11 is 0. The van der Waals surface area contributed by atoms with E-state index < -0.39 is 27.9 Å². The topological polar surface area (TPSA) is 118 Å². The Morgan fingerprint density at radius 1 is 1.05 bits per heavy atom. The number of rotatable bonds is 9. The molecular weight excluding hydrogens is 533 g/mol. The number of aromatic nitrogens is 1. The number of aliphatic hydroxyl groups is 1. The molecule has 3 aromatic carbocycles. The van der Waals surface area contributed by atoms with Gasteiger partial charge in [0.25, 0.3) is 15.9 Å². The van der Waals surface area contributed by atoms with E-state index >= 15 is 0 Å². The second kappa shape index (κ2) is 12.0. The van der Waals surface area contributed by atoms with Gasteiger partial charge in [-0.15, -0.1) is 0 Å². The molecule has 0 bridgehead atoms. The summed E-state index contributed by atoms with van der Waals surface area (Å²) in [4.78, 5) is 16.3. The smallest absolute Gasteiger partial charge is 0.265 e. The highest BCUT2D eigenvalue weighted by molar-refractivity contribution is 7.90. The number of amides is 1. The molecule has 0 spiro atoms. The van der Waals surface area contributed by atoms with E-state index in [9.17, 15) is 22.7 Å². The van der Waals surface area contributed by atoms with Crippen LogP contribution in [-0.4, -0.2) is 43.6 Å². The minimum atomic E-state index is -4.10. The maximum atomic E-state index is 13.1. The molecule has 0 aliphatic carbocycles. The van der Waals surface area contributed by atoms with Crippen molar-refractivity contribution in [1.82, 2.24) is 15.0 Å². The molecule has 0 radical (unpaired) electrons. The van der Waals surface area contributed by atoms with Crippen molar-refractivity contribution in [3.63, 3.8) is 0 Å². The average Bonchev–Trinajstić information content (AvgIpc) is 2.97. The molecule has 10 heteroatoms. The first-order valence-corrected chi connectivity index (χ1v) is 14.3. The molecule has 3 N–H and O–H groups in total. The molecule has 4 aromatic rings. The number of hydrogen-bond donors (Lipinski definition) is 3. The zero-order valence-corrected chi connectivity index (χ0v) is 22.3. The Hall–Kier alpha value is -4.12. The molecule has 2 atom stereocenters. The number of carbonyl (C=O) groups is 1. The highest BCUT2D eigenvalue weighted by Crippen LogP contribution is 2.32. The number of halogens is 1. The summed E-state index contributed by atoms with van der Waals surface area (Å²) < 4.78 is 46.6. The molecule has 2 heterocycles. The first-order valence-electron chi connectivity index (χ1n) is 12.8. The summed E-state index contributed by atoms with van der Waals surface area (Å²) in [5.41, 5.74) is 3.60. The Balaban J connectivity index is 1.18. The van der Waals surface area contributed by atoms with Gasteiger partial charge in [-0.3, -0.25) is 9.78 Å². The molecule has 1 amide bonds. The first kappa shape index (κ1) is 27.4. The lowest BCUT2D eigenvalue weighted by Crippen LogP contribution is -2.36. The van der Waals surface area contributed by atoms with Gasteiger partial charge in [-0.25, -0.2) is 17.5 Å². The van der Waals surface area contributed by atoms with Crippen molar-refractivity contribution < 1.29 is 27.4 Å². The Bertz CT molecular complexity index is 1580. The Kier molecular flexibility index (Phi) is 8.20. The number of fused-ring (bicyclic) bond motifs is 1. The second-order valence-electron chi connectivity index (χ2n) is 9.53. The third-order valence-electron chi connectivity index (χ3n) is 6.70. The van der Waals surface area contributed by atoms with Crippen LogP contribution in [0.4, 0.5) is 4.39 Å². The molecule has 2 unspecified atom stereocenters. The number of aryl methyl sites for hydroxylation is 1. The Morgan fingerprint density at radius 3 is 2.52 bits per heavy atom. The van der Waals surface area contributed by atoms with Gasteiger partial charge in [-0.2, -0.15) is 0 Å². The van der Waals surface area contributed by atoms with Crippen molar-refractivity contribution in [2.75, 3.05) is 13.1 Å². The summed E-state index contributed by atoms with van der Waals surface area (Å²) in [6.45, 7) is 1.01. The summed E-state index contributed by atoms with van der Waals surface area (Å²) in [6.07, 6.45) is 4.30. The Morgan fingerprint density at radius 2 is 1.80 bits per heavy atom. The minimum Gasteiger partial charge on any atom is -0.489 e. The van der Waals surface area contributed by atoms with Crippen molar-refractivity contribution in [3.05, 3.63) is 114 Å². The van der Waals surface area contributed by atoms with E-state index in [0.29, 0.717) is 13.1 Å². The van der Waals surface area contributed by atoms with E-state index in [0.717, 1.165) is 53.0 Å². The molecule has 1 aliphatic rings. The number of sulfonamides is 1. The predicted octanol–water partition coefficient (Wildman–Crippen LogP) is 4.02. The van der Waals surface area contributed by atoms with Gasteiger partial charge >= 0.3 is 0 Å². The van der Waals surface area contributed by atoms with E-state index in [4.69, 9.17) is 4.74 Å². The predicted molar refractivity (Wildman–Crippen MR) is 148 cm³/mol. The van der Waals surface area contributed by atoms with Crippen LogP contribution in [0.5, 0.6) is 5.75 Å². The van der Waals surface area contributed by atoms with Crippen LogP contribution < -0.4 is 14.8 Å². The molecule has 40 heavy (non-hydrogen) atoms. The fourth-order valence-corrected chi connectivity index (χ4v) is 5.48. The lowest BCUT2D eigenvalue weighted by atomic mass is 9.97. The van der Waals surface area contributed by atoms with Crippen molar-refractivity contribution in [3.8, 4) is 16.9 Å². The number of hydrogen-bond acceptors (Lipinski definition) is 7. The van der Waals surface area contributed by atoms with Gasteiger partial charge in [0.05, 0.1) is 11.0 Å². The highest BCUT2D eigenvalue weighted by Gasteiger charge is 2.22. The van der Waals surface area contributed by atoms with E-state index in [-0.39, 0.29) is 16.6 Å². The number of benzene rings is 3.